The smallest absolute Gasteiger partial charge is 0.0308 e. The highest BCUT2D eigenvalue weighted by Gasteiger charge is 2.43. The summed E-state index contributed by atoms with van der Waals surface area (Å²) in [6.07, 6.45) is 1.30. The van der Waals surface area contributed by atoms with Crippen LogP contribution in [0.4, 0.5) is 0 Å². The van der Waals surface area contributed by atoms with Crippen molar-refractivity contribution in [3.05, 3.63) is 48.0 Å². The lowest BCUT2D eigenvalue weighted by molar-refractivity contribution is 0.525. The summed E-state index contributed by atoms with van der Waals surface area (Å²) in [6, 6.07) is 11.3. The molecule has 1 heteroatoms. The maximum Gasteiger partial charge on any atom is 0.0308 e. The minimum Gasteiger partial charge on any atom is -0.310 e. The Balaban J connectivity index is 2.02. The fraction of sp³-hybridized carbons (Fsp3) is 0.467. The molecular weight excluding hydrogens is 194 g/mol. The Labute approximate surface area is 98.6 Å². The van der Waals surface area contributed by atoms with E-state index in [0.29, 0.717) is 6.04 Å². The Morgan fingerprint density at radius 3 is 2.69 bits per heavy atom. The van der Waals surface area contributed by atoms with Crippen molar-refractivity contribution in [2.45, 2.75) is 32.2 Å². The van der Waals surface area contributed by atoms with E-state index >= 15 is 0 Å². The van der Waals surface area contributed by atoms with Gasteiger partial charge in [-0.2, -0.15) is 0 Å². The van der Waals surface area contributed by atoms with Crippen LogP contribution in [0.2, 0.25) is 0 Å². The predicted octanol–water partition coefficient (Wildman–Crippen LogP) is 3.34. The standard InChI is InChI=1S/C15H21N/c1-4-16-15(11(2)3)14-10-13(14)12-8-6-5-7-9-12/h5-9,13-16H,2,4,10H2,1,3H3. The second kappa shape index (κ2) is 4.84. The fourth-order valence-corrected chi connectivity index (χ4v) is 2.58. The number of hydrogen-bond donors (Lipinski definition) is 1. The zero-order valence-corrected chi connectivity index (χ0v) is 10.2. The topological polar surface area (TPSA) is 12.0 Å². The maximum absolute atomic E-state index is 4.10. The Hall–Kier alpha value is -1.08. The molecule has 1 aliphatic carbocycles. The van der Waals surface area contributed by atoms with Gasteiger partial charge < -0.3 is 5.32 Å². The van der Waals surface area contributed by atoms with Crippen LogP contribution >= 0.6 is 0 Å². The lowest BCUT2D eigenvalue weighted by Crippen LogP contribution is -2.32. The van der Waals surface area contributed by atoms with Crippen LogP contribution in [-0.4, -0.2) is 12.6 Å². The Morgan fingerprint density at radius 2 is 2.12 bits per heavy atom. The highest BCUT2D eigenvalue weighted by Crippen LogP contribution is 2.50. The van der Waals surface area contributed by atoms with Gasteiger partial charge in [-0.3, -0.25) is 0 Å². The van der Waals surface area contributed by atoms with Crippen LogP contribution in [0.5, 0.6) is 0 Å². The summed E-state index contributed by atoms with van der Waals surface area (Å²) in [5.41, 5.74) is 2.75. The molecule has 1 saturated carbocycles. The van der Waals surface area contributed by atoms with E-state index in [0.717, 1.165) is 18.4 Å². The number of likely N-dealkylation sites (N-methyl/N-ethyl adjacent to an activating group) is 1. The Bertz CT molecular complexity index is 355. The highest BCUT2D eigenvalue weighted by molar-refractivity contribution is 5.28. The molecule has 0 aliphatic heterocycles. The average molecular weight is 215 g/mol. The minimum atomic E-state index is 0.496. The van der Waals surface area contributed by atoms with Gasteiger partial charge in [0, 0.05) is 6.04 Å². The van der Waals surface area contributed by atoms with Gasteiger partial charge in [-0.1, -0.05) is 49.4 Å². The van der Waals surface area contributed by atoms with Crippen LogP contribution < -0.4 is 5.32 Å². The predicted molar refractivity (Wildman–Crippen MR) is 69.6 cm³/mol. The van der Waals surface area contributed by atoms with Crippen molar-refractivity contribution >= 4 is 0 Å². The van der Waals surface area contributed by atoms with Crippen molar-refractivity contribution in [2.75, 3.05) is 6.54 Å². The third-order valence-electron chi connectivity index (χ3n) is 3.45. The van der Waals surface area contributed by atoms with Crippen molar-refractivity contribution in [2.24, 2.45) is 5.92 Å². The third kappa shape index (κ3) is 2.35. The molecule has 86 valence electrons. The van der Waals surface area contributed by atoms with Gasteiger partial charge in [0.25, 0.3) is 0 Å². The summed E-state index contributed by atoms with van der Waals surface area (Å²) < 4.78 is 0. The number of hydrogen-bond acceptors (Lipinski definition) is 1. The summed E-state index contributed by atoms with van der Waals surface area (Å²) >= 11 is 0. The Kier molecular flexibility index (Phi) is 3.45. The summed E-state index contributed by atoms with van der Waals surface area (Å²) in [7, 11) is 0. The molecule has 1 N–H and O–H groups in total. The first kappa shape index (κ1) is 11.4. The summed E-state index contributed by atoms with van der Waals surface area (Å²) in [6.45, 7) is 9.42. The summed E-state index contributed by atoms with van der Waals surface area (Å²) in [5, 5.41) is 3.54. The molecule has 0 spiro atoms. The van der Waals surface area contributed by atoms with Crippen LogP contribution in [0.25, 0.3) is 0 Å². The lowest BCUT2D eigenvalue weighted by Gasteiger charge is -2.18. The van der Waals surface area contributed by atoms with E-state index in [2.05, 4.69) is 56.1 Å². The van der Waals surface area contributed by atoms with E-state index in [9.17, 15) is 0 Å². The van der Waals surface area contributed by atoms with Gasteiger partial charge >= 0.3 is 0 Å². The highest BCUT2D eigenvalue weighted by atomic mass is 14.9. The zero-order chi connectivity index (χ0) is 11.5. The largest absolute Gasteiger partial charge is 0.310 e. The van der Waals surface area contributed by atoms with Crippen LogP contribution in [-0.2, 0) is 0 Å². The normalized spacial score (nSPS) is 25.1. The van der Waals surface area contributed by atoms with Crippen LogP contribution in [0.15, 0.2) is 42.5 Å². The second-order valence-corrected chi connectivity index (χ2v) is 4.80. The number of nitrogens with one attached hydrogen (secondary N) is 1. The van der Waals surface area contributed by atoms with E-state index in [1.165, 1.54) is 17.6 Å². The van der Waals surface area contributed by atoms with Crippen molar-refractivity contribution in [3.8, 4) is 0 Å². The fourth-order valence-electron chi connectivity index (χ4n) is 2.58. The SMILES string of the molecule is C=C(C)C(NCC)C1CC1c1ccccc1. The first-order valence-corrected chi connectivity index (χ1v) is 6.17. The molecule has 1 aliphatic rings. The molecule has 0 bridgehead atoms. The van der Waals surface area contributed by atoms with E-state index in [1.54, 1.807) is 0 Å². The van der Waals surface area contributed by atoms with Gasteiger partial charge in [0.05, 0.1) is 0 Å². The molecule has 0 amide bonds. The van der Waals surface area contributed by atoms with Crippen molar-refractivity contribution in [1.82, 2.24) is 5.32 Å². The first-order chi connectivity index (χ1) is 7.74. The van der Waals surface area contributed by atoms with E-state index < -0.39 is 0 Å². The molecule has 0 saturated heterocycles. The molecule has 3 unspecified atom stereocenters. The third-order valence-corrected chi connectivity index (χ3v) is 3.45. The molecule has 1 aromatic rings. The minimum absolute atomic E-state index is 0.496. The van der Waals surface area contributed by atoms with Crippen molar-refractivity contribution < 1.29 is 0 Å². The lowest BCUT2D eigenvalue weighted by atomic mass is 10.0. The van der Waals surface area contributed by atoms with Crippen LogP contribution in [0.3, 0.4) is 0 Å². The second-order valence-electron chi connectivity index (χ2n) is 4.80. The molecule has 2 rings (SSSR count). The van der Waals surface area contributed by atoms with Gasteiger partial charge in [0.2, 0.25) is 0 Å². The number of benzene rings is 1. The maximum atomic E-state index is 4.10. The molecule has 0 radical (unpaired) electrons. The van der Waals surface area contributed by atoms with E-state index in [4.69, 9.17) is 0 Å². The van der Waals surface area contributed by atoms with Gasteiger partial charge in [-0.15, -0.1) is 0 Å². The molecular formula is C15H21N. The molecule has 1 fully saturated rings. The molecule has 1 nitrogen and oxygen atoms in total. The van der Waals surface area contributed by atoms with Crippen molar-refractivity contribution in [1.29, 1.82) is 0 Å². The van der Waals surface area contributed by atoms with Gasteiger partial charge in [0.15, 0.2) is 0 Å². The molecule has 3 atom stereocenters. The van der Waals surface area contributed by atoms with Crippen LogP contribution in [0.1, 0.15) is 31.7 Å². The monoisotopic (exact) mass is 215 g/mol. The van der Waals surface area contributed by atoms with Gasteiger partial charge in [-0.25, -0.2) is 0 Å². The first-order valence-electron chi connectivity index (χ1n) is 6.17. The van der Waals surface area contributed by atoms with Gasteiger partial charge in [-0.05, 0) is 37.3 Å². The zero-order valence-electron chi connectivity index (χ0n) is 10.2. The Morgan fingerprint density at radius 1 is 1.44 bits per heavy atom. The van der Waals surface area contributed by atoms with Crippen molar-refractivity contribution in [3.63, 3.8) is 0 Å². The van der Waals surface area contributed by atoms with E-state index in [-0.39, 0.29) is 0 Å². The van der Waals surface area contributed by atoms with Crippen LogP contribution in [0, 0.1) is 5.92 Å². The summed E-state index contributed by atoms with van der Waals surface area (Å²) in [4.78, 5) is 0. The number of rotatable bonds is 5. The molecule has 0 aromatic heterocycles. The molecule has 16 heavy (non-hydrogen) atoms. The molecule has 0 heterocycles. The quantitative estimate of drug-likeness (QED) is 0.743. The average Bonchev–Trinajstić information content (AvgIpc) is 3.06. The summed E-state index contributed by atoms with van der Waals surface area (Å²) in [5.74, 6) is 1.49. The molecule has 1 aromatic carbocycles. The van der Waals surface area contributed by atoms with E-state index in [1.807, 2.05) is 0 Å². The van der Waals surface area contributed by atoms with Gasteiger partial charge in [0.1, 0.15) is 0 Å².